The lowest BCUT2D eigenvalue weighted by Gasteiger charge is -2.43. The smallest absolute Gasteiger partial charge is 0.153 e. The number of fused-ring (bicyclic) bond motifs is 1. The maximum Gasteiger partial charge on any atom is 0.153 e. The van der Waals surface area contributed by atoms with Gasteiger partial charge in [-0.25, -0.2) is 13.4 Å². The molecule has 0 spiro atoms. The van der Waals surface area contributed by atoms with Crippen molar-refractivity contribution in [2.75, 3.05) is 31.1 Å². The zero-order valence-corrected chi connectivity index (χ0v) is 16.4. The summed E-state index contributed by atoms with van der Waals surface area (Å²) in [5.41, 5.74) is 3.23. The minimum atomic E-state index is -3.00. The summed E-state index contributed by atoms with van der Waals surface area (Å²) in [6.45, 7) is 5.23. The zero-order valence-electron chi connectivity index (χ0n) is 15.6. The van der Waals surface area contributed by atoms with E-state index >= 15 is 0 Å². The lowest BCUT2D eigenvalue weighted by atomic mass is 10.0. The number of imidazole rings is 1. The van der Waals surface area contributed by atoms with Crippen molar-refractivity contribution in [2.24, 2.45) is 0 Å². The molecule has 2 aliphatic heterocycles. The predicted molar refractivity (Wildman–Crippen MR) is 107 cm³/mol. The molecule has 27 heavy (non-hydrogen) atoms. The molecule has 4 rings (SSSR count). The fraction of sp³-hybridized carbons (Fsp3) is 0.450. The maximum atomic E-state index is 12.4. The molecule has 2 fully saturated rings. The minimum Gasteiger partial charge on any atom is -0.348 e. The Kier molecular flexibility index (Phi) is 5.16. The Morgan fingerprint density at radius 3 is 2.56 bits per heavy atom. The summed E-state index contributed by atoms with van der Waals surface area (Å²) in [4.78, 5) is 12.1. The van der Waals surface area contributed by atoms with Crippen LogP contribution < -0.4 is 0 Å². The van der Waals surface area contributed by atoms with Crippen LogP contribution >= 0.6 is 0 Å². The van der Waals surface area contributed by atoms with Crippen molar-refractivity contribution < 1.29 is 8.42 Å². The van der Waals surface area contributed by atoms with Gasteiger partial charge < -0.3 is 4.98 Å². The first kappa shape index (κ1) is 18.4. The van der Waals surface area contributed by atoms with E-state index in [4.69, 9.17) is 0 Å². The van der Waals surface area contributed by atoms with Crippen molar-refractivity contribution in [3.05, 3.63) is 59.7 Å². The molecule has 0 bridgehead atoms. The van der Waals surface area contributed by atoms with Crippen LogP contribution in [-0.2, 0) is 16.4 Å². The van der Waals surface area contributed by atoms with E-state index in [0.29, 0.717) is 6.54 Å². The summed E-state index contributed by atoms with van der Waals surface area (Å²) < 4.78 is 24.7. The number of aromatic nitrogens is 2. The largest absolute Gasteiger partial charge is 0.348 e. The molecular formula is C20H26N4O2S. The summed E-state index contributed by atoms with van der Waals surface area (Å²) in [5.74, 6) is 0.507. The third-order valence-corrected chi connectivity index (χ3v) is 7.34. The number of hydrogen-bond acceptors (Lipinski definition) is 5. The monoisotopic (exact) mass is 386 g/mol. The summed E-state index contributed by atoms with van der Waals surface area (Å²) in [6, 6.07) is 10.3. The average Bonchev–Trinajstić information content (AvgIpc) is 3.20. The van der Waals surface area contributed by atoms with Crippen LogP contribution in [0.15, 0.2) is 42.7 Å². The van der Waals surface area contributed by atoms with E-state index < -0.39 is 9.84 Å². The van der Waals surface area contributed by atoms with Crippen LogP contribution in [0.2, 0.25) is 0 Å². The first-order valence-electron chi connectivity index (χ1n) is 9.41. The number of H-pyrrole nitrogens is 1. The number of nitrogens with one attached hydrogen (secondary N) is 1. The first-order valence-corrected chi connectivity index (χ1v) is 11.2. The summed E-state index contributed by atoms with van der Waals surface area (Å²) in [7, 11) is -3.00. The Balaban J connectivity index is 1.47. The van der Waals surface area contributed by atoms with Crippen LogP contribution in [0.4, 0.5) is 0 Å². The van der Waals surface area contributed by atoms with Crippen molar-refractivity contribution in [2.45, 2.75) is 25.6 Å². The molecule has 2 atom stereocenters. The molecule has 0 aliphatic carbocycles. The van der Waals surface area contributed by atoms with Crippen LogP contribution in [0.3, 0.4) is 0 Å². The van der Waals surface area contributed by atoms with E-state index in [0.717, 1.165) is 31.0 Å². The Labute approximate surface area is 160 Å². The van der Waals surface area contributed by atoms with Gasteiger partial charge in [0.15, 0.2) is 9.84 Å². The minimum absolute atomic E-state index is 0.0463. The first-order chi connectivity index (χ1) is 13.0. The SMILES string of the molecule is Cc1[nH]cnc1CN1CCN(CC=Cc2ccccc2)[C@H]2CS(=O)(=O)C[C@H]21. The van der Waals surface area contributed by atoms with Crippen LogP contribution in [-0.4, -0.2) is 71.4 Å². The number of piperazine rings is 1. The number of rotatable bonds is 5. The highest BCUT2D eigenvalue weighted by Crippen LogP contribution is 2.28. The van der Waals surface area contributed by atoms with Crippen molar-refractivity contribution >= 4 is 15.9 Å². The number of aryl methyl sites for hydroxylation is 1. The number of sulfone groups is 1. The molecule has 1 aromatic heterocycles. The van der Waals surface area contributed by atoms with Gasteiger partial charge in [0, 0.05) is 44.0 Å². The van der Waals surface area contributed by atoms with Gasteiger partial charge in [0.2, 0.25) is 0 Å². The Morgan fingerprint density at radius 1 is 1.15 bits per heavy atom. The fourth-order valence-electron chi connectivity index (χ4n) is 4.15. The van der Waals surface area contributed by atoms with Gasteiger partial charge in [-0.3, -0.25) is 9.80 Å². The summed E-state index contributed by atoms with van der Waals surface area (Å²) in [6.07, 6.45) is 5.96. The van der Waals surface area contributed by atoms with E-state index in [1.807, 2.05) is 25.1 Å². The molecule has 0 unspecified atom stereocenters. The van der Waals surface area contributed by atoms with Crippen molar-refractivity contribution in [1.82, 2.24) is 19.8 Å². The molecule has 7 heteroatoms. The third kappa shape index (κ3) is 4.15. The van der Waals surface area contributed by atoms with Crippen LogP contribution in [0.1, 0.15) is 17.0 Å². The van der Waals surface area contributed by atoms with E-state index in [1.54, 1.807) is 6.33 Å². The molecule has 144 valence electrons. The molecule has 3 heterocycles. The van der Waals surface area contributed by atoms with Crippen LogP contribution in [0, 0.1) is 6.92 Å². The van der Waals surface area contributed by atoms with Gasteiger partial charge in [0.05, 0.1) is 23.5 Å². The van der Waals surface area contributed by atoms with Gasteiger partial charge in [-0.2, -0.15) is 0 Å². The zero-order chi connectivity index (χ0) is 18.9. The molecule has 2 saturated heterocycles. The number of nitrogens with zero attached hydrogens (tertiary/aromatic N) is 3. The second-order valence-corrected chi connectivity index (χ2v) is 9.62. The Morgan fingerprint density at radius 2 is 1.85 bits per heavy atom. The normalized spacial score (nSPS) is 25.8. The number of aromatic amines is 1. The molecule has 0 saturated carbocycles. The van der Waals surface area contributed by atoms with Gasteiger partial charge in [-0.15, -0.1) is 0 Å². The quantitative estimate of drug-likeness (QED) is 0.847. The topological polar surface area (TPSA) is 69.3 Å². The molecule has 1 N–H and O–H groups in total. The highest BCUT2D eigenvalue weighted by molar-refractivity contribution is 7.91. The molecule has 2 aromatic rings. The second-order valence-electron chi connectivity index (χ2n) is 7.46. The van der Waals surface area contributed by atoms with Crippen LogP contribution in [0.25, 0.3) is 6.08 Å². The van der Waals surface area contributed by atoms with Gasteiger partial charge >= 0.3 is 0 Å². The van der Waals surface area contributed by atoms with Gasteiger partial charge in [0.1, 0.15) is 0 Å². The Bertz CT molecular complexity index is 907. The van der Waals surface area contributed by atoms with Crippen molar-refractivity contribution in [3.8, 4) is 0 Å². The Hall–Kier alpha value is -1.96. The standard InChI is InChI=1S/C20H26N4O2S/c1-16-18(22-15-21-16)12-24-11-10-23(19-13-27(25,26)14-20(19)24)9-5-8-17-6-3-2-4-7-17/h2-8,15,19-20H,9-14H2,1H3,(H,21,22)/t19-,20+/m0/s1. The van der Waals surface area contributed by atoms with E-state index in [2.05, 4.69) is 44.1 Å². The fourth-order valence-corrected chi connectivity index (χ4v) is 6.19. The van der Waals surface area contributed by atoms with Crippen LogP contribution in [0.5, 0.6) is 0 Å². The molecule has 0 amide bonds. The van der Waals surface area contributed by atoms with Gasteiger partial charge in [-0.05, 0) is 12.5 Å². The molecule has 6 nitrogen and oxygen atoms in total. The van der Waals surface area contributed by atoms with E-state index in [1.165, 1.54) is 5.56 Å². The number of benzene rings is 1. The average molecular weight is 387 g/mol. The van der Waals surface area contributed by atoms with E-state index in [-0.39, 0.29) is 23.6 Å². The molecular weight excluding hydrogens is 360 g/mol. The second kappa shape index (κ2) is 7.58. The highest BCUT2D eigenvalue weighted by atomic mass is 32.2. The highest BCUT2D eigenvalue weighted by Gasteiger charge is 2.46. The summed E-state index contributed by atoms with van der Waals surface area (Å²) >= 11 is 0. The number of hydrogen-bond donors (Lipinski definition) is 1. The van der Waals surface area contributed by atoms with Crippen molar-refractivity contribution in [1.29, 1.82) is 0 Å². The lowest BCUT2D eigenvalue weighted by molar-refractivity contribution is 0.0471. The van der Waals surface area contributed by atoms with E-state index in [9.17, 15) is 8.42 Å². The van der Waals surface area contributed by atoms with Crippen molar-refractivity contribution in [3.63, 3.8) is 0 Å². The molecule has 1 aromatic carbocycles. The third-order valence-electron chi connectivity index (χ3n) is 5.64. The maximum absolute atomic E-state index is 12.4. The molecule has 2 aliphatic rings. The lowest BCUT2D eigenvalue weighted by Crippen LogP contribution is -2.58. The van der Waals surface area contributed by atoms with Gasteiger partial charge in [0.25, 0.3) is 0 Å². The van der Waals surface area contributed by atoms with Gasteiger partial charge in [-0.1, -0.05) is 42.5 Å². The predicted octanol–water partition coefficient (Wildman–Crippen LogP) is 1.71. The molecule has 0 radical (unpaired) electrons. The summed E-state index contributed by atoms with van der Waals surface area (Å²) in [5, 5.41) is 0.